The van der Waals surface area contributed by atoms with E-state index < -0.39 is 0 Å². The second kappa shape index (κ2) is 6.23. The van der Waals surface area contributed by atoms with Gasteiger partial charge in [0.1, 0.15) is 0 Å². The largest absolute Gasteiger partial charge is 0.0651 e. The number of aryl methyl sites for hydroxylation is 1. The Balaban J connectivity index is 2.08. The van der Waals surface area contributed by atoms with E-state index in [0.717, 1.165) is 11.8 Å². The van der Waals surface area contributed by atoms with Crippen molar-refractivity contribution in [2.75, 3.05) is 0 Å². The Kier molecular flexibility index (Phi) is 4.65. The quantitative estimate of drug-likeness (QED) is 0.682. The molecular weight excluding hydrogens is 204 g/mol. The summed E-state index contributed by atoms with van der Waals surface area (Å²) in [5.74, 6) is 1.93. The van der Waals surface area contributed by atoms with Gasteiger partial charge in [-0.05, 0) is 42.2 Å². The van der Waals surface area contributed by atoms with Crippen molar-refractivity contribution < 1.29 is 0 Å². The molecule has 0 aliphatic heterocycles. The maximum Gasteiger partial charge on any atom is -0.0245 e. The zero-order valence-corrected chi connectivity index (χ0v) is 11.4. The smallest absolute Gasteiger partial charge is 0.0245 e. The minimum atomic E-state index is 0.946. The van der Waals surface area contributed by atoms with Crippen molar-refractivity contribution in [1.29, 1.82) is 0 Å². The van der Waals surface area contributed by atoms with Gasteiger partial charge in [-0.2, -0.15) is 0 Å². The number of rotatable bonds is 4. The average molecular weight is 230 g/mol. The molecule has 1 saturated carbocycles. The topological polar surface area (TPSA) is 0 Å². The molecule has 2 unspecified atom stereocenters. The van der Waals surface area contributed by atoms with E-state index >= 15 is 0 Å². The third-order valence-corrected chi connectivity index (χ3v) is 4.57. The van der Waals surface area contributed by atoms with Crippen LogP contribution in [0.1, 0.15) is 57.1 Å². The Hall–Kier alpha value is -0.780. The van der Waals surface area contributed by atoms with Crippen molar-refractivity contribution in [3.63, 3.8) is 0 Å². The van der Waals surface area contributed by atoms with Gasteiger partial charge in [-0.1, -0.05) is 63.8 Å². The fraction of sp³-hybridized carbons (Fsp3) is 0.647. The predicted octanol–water partition coefficient (Wildman–Crippen LogP) is 5.01. The molecule has 1 aliphatic rings. The lowest BCUT2D eigenvalue weighted by atomic mass is 9.74. The highest BCUT2D eigenvalue weighted by Crippen LogP contribution is 2.35. The molecule has 0 heterocycles. The second-order valence-corrected chi connectivity index (χ2v) is 5.54. The lowest BCUT2D eigenvalue weighted by molar-refractivity contribution is 0.229. The highest BCUT2D eigenvalue weighted by atomic mass is 14.3. The van der Waals surface area contributed by atoms with E-state index in [0.29, 0.717) is 0 Å². The van der Waals surface area contributed by atoms with E-state index in [1.807, 2.05) is 0 Å². The van der Waals surface area contributed by atoms with Crippen molar-refractivity contribution in [1.82, 2.24) is 0 Å². The lowest BCUT2D eigenvalue weighted by Gasteiger charge is -2.31. The van der Waals surface area contributed by atoms with Gasteiger partial charge in [0.05, 0.1) is 0 Å². The van der Waals surface area contributed by atoms with Crippen LogP contribution >= 0.6 is 0 Å². The molecule has 0 N–H and O–H groups in total. The Morgan fingerprint density at radius 1 is 0.941 bits per heavy atom. The lowest BCUT2D eigenvalue weighted by Crippen LogP contribution is -2.21. The van der Waals surface area contributed by atoms with Crippen molar-refractivity contribution in [2.45, 2.75) is 58.8 Å². The molecule has 2 atom stereocenters. The standard InChI is InChI=1S/C17H26/c1-3-14-9-5-7-11-16(14)13-17-12-8-6-10-15(17)4-2/h5,7,9,11,15,17H,3-4,6,8,10,12-13H2,1-2H3. The minimum Gasteiger partial charge on any atom is -0.0651 e. The van der Waals surface area contributed by atoms with Crippen molar-refractivity contribution in [2.24, 2.45) is 11.8 Å². The molecule has 2 rings (SSSR count). The van der Waals surface area contributed by atoms with E-state index in [9.17, 15) is 0 Å². The molecule has 1 aromatic carbocycles. The first kappa shape index (κ1) is 12.7. The van der Waals surface area contributed by atoms with Gasteiger partial charge in [0.2, 0.25) is 0 Å². The van der Waals surface area contributed by atoms with Crippen LogP contribution in [0.3, 0.4) is 0 Å². The normalized spacial score (nSPS) is 24.8. The summed E-state index contributed by atoms with van der Waals surface area (Å²) in [6.07, 6.45) is 9.72. The summed E-state index contributed by atoms with van der Waals surface area (Å²) >= 11 is 0. The molecule has 0 heteroatoms. The Bertz CT molecular complexity index is 340. The van der Waals surface area contributed by atoms with Crippen LogP contribution < -0.4 is 0 Å². The SMILES string of the molecule is CCc1ccccc1CC1CCCCC1CC. The van der Waals surface area contributed by atoms with Crippen LogP contribution in [0.15, 0.2) is 24.3 Å². The van der Waals surface area contributed by atoms with Crippen LogP contribution in [0, 0.1) is 11.8 Å². The molecule has 0 aromatic heterocycles. The molecule has 0 amide bonds. The van der Waals surface area contributed by atoms with Gasteiger partial charge < -0.3 is 0 Å². The van der Waals surface area contributed by atoms with Gasteiger partial charge in [0.25, 0.3) is 0 Å². The van der Waals surface area contributed by atoms with E-state index in [-0.39, 0.29) is 0 Å². The Morgan fingerprint density at radius 2 is 1.59 bits per heavy atom. The molecule has 1 aliphatic carbocycles. The maximum absolute atomic E-state index is 2.37. The van der Waals surface area contributed by atoms with E-state index in [1.54, 1.807) is 11.1 Å². The first-order valence-corrected chi connectivity index (χ1v) is 7.41. The summed E-state index contributed by atoms with van der Waals surface area (Å²) < 4.78 is 0. The molecule has 1 aromatic rings. The van der Waals surface area contributed by atoms with Gasteiger partial charge in [-0.25, -0.2) is 0 Å². The first-order valence-electron chi connectivity index (χ1n) is 7.41. The molecule has 0 bridgehead atoms. The van der Waals surface area contributed by atoms with Gasteiger partial charge in [-0.15, -0.1) is 0 Å². The summed E-state index contributed by atoms with van der Waals surface area (Å²) in [7, 11) is 0. The molecule has 0 saturated heterocycles. The summed E-state index contributed by atoms with van der Waals surface area (Å²) in [4.78, 5) is 0. The van der Waals surface area contributed by atoms with Crippen molar-refractivity contribution >= 4 is 0 Å². The number of hydrogen-bond donors (Lipinski definition) is 0. The number of benzene rings is 1. The van der Waals surface area contributed by atoms with Crippen LogP contribution in [0.5, 0.6) is 0 Å². The Morgan fingerprint density at radius 3 is 2.24 bits per heavy atom. The van der Waals surface area contributed by atoms with Crippen LogP contribution in [-0.2, 0) is 12.8 Å². The van der Waals surface area contributed by atoms with E-state index in [1.165, 1.54) is 44.9 Å². The van der Waals surface area contributed by atoms with E-state index in [4.69, 9.17) is 0 Å². The summed E-state index contributed by atoms with van der Waals surface area (Å²) in [5, 5.41) is 0. The van der Waals surface area contributed by atoms with Crippen LogP contribution in [0.4, 0.5) is 0 Å². The molecule has 1 fully saturated rings. The van der Waals surface area contributed by atoms with Crippen LogP contribution in [0.25, 0.3) is 0 Å². The van der Waals surface area contributed by atoms with Crippen molar-refractivity contribution in [3.05, 3.63) is 35.4 Å². The summed E-state index contributed by atoms with van der Waals surface area (Å²) in [6.45, 7) is 4.64. The molecule has 94 valence electrons. The zero-order chi connectivity index (χ0) is 12.1. The highest BCUT2D eigenvalue weighted by Gasteiger charge is 2.24. The van der Waals surface area contributed by atoms with Gasteiger partial charge in [0, 0.05) is 0 Å². The fourth-order valence-corrected chi connectivity index (χ4v) is 3.47. The summed E-state index contributed by atoms with van der Waals surface area (Å²) in [5.41, 5.74) is 3.17. The minimum absolute atomic E-state index is 0.946. The predicted molar refractivity (Wildman–Crippen MR) is 75.3 cm³/mol. The highest BCUT2D eigenvalue weighted by molar-refractivity contribution is 5.27. The third-order valence-electron chi connectivity index (χ3n) is 4.57. The number of hydrogen-bond acceptors (Lipinski definition) is 0. The zero-order valence-electron chi connectivity index (χ0n) is 11.4. The molecule has 0 spiro atoms. The summed E-state index contributed by atoms with van der Waals surface area (Å²) in [6, 6.07) is 9.04. The van der Waals surface area contributed by atoms with Crippen LogP contribution in [-0.4, -0.2) is 0 Å². The average Bonchev–Trinajstić information content (AvgIpc) is 2.40. The molecular formula is C17H26. The second-order valence-electron chi connectivity index (χ2n) is 5.54. The Labute approximate surface area is 106 Å². The maximum atomic E-state index is 2.37. The van der Waals surface area contributed by atoms with Gasteiger partial charge in [0.15, 0.2) is 0 Å². The molecule has 0 nitrogen and oxygen atoms in total. The third kappa shape index (κ3) is 3.12. The van der Waals surface area contributed by atoms with Crippen LogP contribution in [0.2, 0.25) is 0 Å². The molecule has 17 heavy (non-hydrogen) atoms. The monoisotopic (exact) mass is 230 g/mol. The fourth-order valence-electron chi connectivity index (χ4n) is 3.47. The molecule has 0 radical (unpaired) electrons. The van der Waals surface area contributed by atoms with E-state index in [2.05, 4.69) is 38.1 Å². The van der Waals surface area contributed by atoms with Gasteiger partial charge >= 0.3 is 0 Å². The first-order chi connectivity index (χ1) is 8.35. The van der Waals surface area contributed by atoms with Crippen molar-refractivity contribution in [3.8, 4) is 0 Å². The van der Waals surface area contributed by atoms with Gasteiger partial charge in [-0.3, -0.25) is 0 Å².